The van der Waals surface area contributed by atoms with E-state index in [0.717, 1.165) is 17.3 Å². The average molecular weight is 342 g/mol. The summed E-state index contributed by atoms with van der Waals surface area (Å²) in [4.78, 5) is 25.1. The van der Waals surface area contributed by atoms with Gasteiger partial charge in [0, 0.05) is 17.6 Å². The van der Waals surface area contributed by atoms with Crippen molar-refractivity contribution < 1.29 is 19.4 Å². The highest BCUT2D eigenvalue weighted by molar-refractivity contribution is 9.10. The number of aliphatic hydroxyl groups excluding tert-OH is 1. The van der Waals surface area contributed by atoms with Crippen molar-refractivity contribution in [2.75, 3.05) is 19.7 Å². The summed E-state index contributed by atoms with van der Waals surface area (Å²) in [5, 5.41) is 9.84. The summed E-state index contributed by atoms with van der Waals surface area (Å²) in [5.41, 5.74) is 0.437. The number of hydrogen-bond acceptors (Lipinski definition) is 4. The van der Waals surface area contributed by atoms with Crippen molar-refractivity contribution in [1.82, 2.24) is 4.90 Å². The van der Waals surface area contributed by atoms with Gasteiger partial charge in [-0.15, -0.1) is 0 Å². The van der Waals surface area contributed by atoms with Gasteiger partial charge in [-0.05, 0) is 30.5 Å². The first kappa shape index (κ1) is 15.0. The van der Waals surface area contributed by atoms with Crippen LogP contribution in [-0.4, -0.2) is 41.6 Å². The number of likely N-dealkylation sites (tertiary alicyclic amines) is 1. The molecule has 0 aliphatic carbocycles. The van der Waals surface area contributed by atoms with E-state index in [1.807, 2.05) is 0 Å². The fraction of sp³-hybridized carbons (Fsp3) is 0.429. The molecular weight excluding hydrogens is 326 g/mol. The van der Waals surface area contributed by atoms with Crippen molar-refractivity contribution in [3.8, 4) is 0 Å². The molecule has 1 aromatic carbocycles. The van der Waals surface area contributed by atoms with Crippen LogP contribution >= 0.6 is 15.9 Å². The maximum absolute atomic E-state index is 11.7. The van der Waals surface area contributed by atoms with E-state index in [0.29, 0.717) is 18.7 Å². The molecule has 1 saturated heterocycles. The molecule has 5 nitrogen and oxygen atoms in total. The van der Waals surface area contributed by atoms with Crippen LogP contribution in [0.2, 0.25) is 0 Å². The van der Waals surface area contributed by atoms with Crippen LogP contribution in [0.5, 0.6) is 0 Å². The topological polar surface area (TPSA) is 66.8 Å². The second kappa shape index (κ2) is 6.85. The second-order valence-corrected chi connectivity index (χ2v) is 5.57. The molecule has 1 amide bonds. The molecule has 1 N–H and O–H groups in total. The van der Waals surface area contributed by atoms with Gasteiger partial charge >= 0.3 is 5.97 Å². The Morgan fingerprint density at radius 2 is 1.85 bits per heavy atom. The fourth-order valence-electron chi connectivity index (χ4n) is 2.05. The monoisotopic (exact) mass is 341 g/mol. The minimum atomic E-state index is -1.37. The first-order valence-corrected chi connectivity index (χ1v) is 7.25. The molecule has 1 atom stereocenters. The van der Waals surface area contributed by atoms with E-state index in [1.54, 1.807) is 29.2 Å². The summed E-state index contributed by atoms with van der Waals surface area (Å²) in [6.45, 7) is 1.11. The van der Waals surface area contributed by atoms with E-state index in [2.05, 4.69) is 15.9 Å². The van der Waals surface area contributed by atoms with Crippen LogP contribution in [0.3, 0.4) is 0 Å². The number of amides is 1. The Morgan fingerprint density at radius 1 is 1.25 bits per heavy atom. The lowest BCUT2D eigenvalue weighted by atomic mass is 10.1. The Balaban J connectivity index is 1.84. The molecule has 0 radical (unpaired) electrons. The Kier molecular flexibility index (Phi) is 5.14. The van der Waals surface area contributed by atoms with Crippen molar-refractivity contribution in [1.29, 1.82) is 0 Å². The number of ether oxygens (including phenoxy) is 1. The molecule has 2 rings (SSSR count). The molecule has 108 valence electrons. The zero-order valence-corrected chi connectivity index (χ0v) is 12.5. The number of carbonyl (C=O) groups is 2. The van der Waals surface area contributed by atoms with E-state index in [9.17, 15) is 14.7 Å². The zero-order chi connectivity index (χ0) is 14.5. The SMILES string of the molecule is O=C(OCC(=O)N1CCCC1)C(O)c1ccc(Br)cc1. The van der Waals surface area contributed by atoms with Crippen LogP contribution < -0.4 is 0 Å². The molecule has 1 heterocycles. The van der Waals surface area contributed by atoms with Gasteiger partial charge in [0.05, 0.1) is 0 Å². The van der Waals surface area contributed by atoms with Gasteiger partial charge in [-0.1, -0.05) is 28.1 Å². The maximum Gasteiger partial charge on any atom is 0.340 e. The van der Waals surface area contributed by atoms with E-state index >= 15 is 0 Å². The van der Waals surface area contributed by atoms with Crippen LogP contribution in [0.25, 0.3) is 0 Å². The Bertz CT molecular complexity index is 482. The highest BCUT2D eigenvalue weighted by atomic mass is 79.9. The predicted octanol–water partition coefficient (Wildman–Crippen LogP) is 1.65. The molecule has 0 saturated carbocycles. The molecule has 1 unspecified atom stereocenters. The summed E-state index contributed by atoms with van der Waals surface area (Å²) in [6.07, 6.45) is 0.608. The first-order chi connectivity index (χ1) is 9.58. The molecule has 20 heavy (non-hydrogen) atoms. The van der Waals surface area contributed by atoms with Crippen molar-refractivity contribution in [3.63, 3.8) is 0 Å². The highest BCUT2D eigenvalue weighted by Crippen LogP contribution is 2.18. The molecule has 1 aliphatic heterocycles. The molecule has 6 heteroatoms. The molecule has 0 spiro atoms. The Labute approximate surface area is 125 Å². The van der Waals surface area contributed by atoms with Crippen LogP contribution in [0.4, 0.5) is 0 Å². The van der Waals surface area contributed by atoms with Gasteiger partial charge in [0.15, 0.2) is 12.7 Å². The van der Waals surface area contributed by atoms with Crippen molar-refractivity contribution >= 4 is 27.8 Å². The number of benzene rings is 1. The quantitative estimate of drug-likeness (QED) is 0.845. The van der Waals surface area contributed by atoms with Gasteiger partial charge < -0.3 is 14.7 Å². The Morgan fingerprint density at radius 3 is 2.45 bits per heavy atom. The standard InChI is InChI=1S/C14H16BrNO4/c15-11-5-3-10(4-6-11)13(18)14(19)20-9-12(17)16-7-1-2-8-16/h3-6,13,18H,1-2,7-9H2. The smallest absolute Gasteiger partial charge is 0.340 e. The summed E-state index contributed by atoms with van der Waals surface area (Å²) in [6, 6.07) is 6.69. The van der Waals surface area contributed by atoms with E-state index in [-0.39, 0.29) is 12.5 Å². The summed E-state index contributed by atoms with van der Waals surface area (Å²) in [5.74, 6) is -1.02. The molecule has 1 aromatic rings. The summed E-state index contributed by atoms with van der Waals surface area (Å²) >= 11 is 3.27. The van der Waals surface area contributed by atoms with Crippen molar-refractivity contribution in [3.05, 3.63) is 34.3 Å². The van der Waals surface area contributed by atoms with Gasteiger partial charge in [0.1, 0.15) is 0 Å². The van der Waals surface area contributed by atoms with Gasteiger partial charge in [-0.25, -0.2) is 4.79 Å². The van der Waals surface area contributed by atoms with Crippen LogP contribution in [0.1, 0.15) is 24.5 Å². The normalized spacial score (nSPS) is 16.0. The maximum atomic E-state index is 11.7. The number of esters is 1. The lowest BCUT2D eigenvalue weighted by Gasteiger charge is -2.16. The summed E-state index contributed by atoms with van der Waals surface area (Å²) < 4.78 is 5.72. The molecule has 1 fully saturated rings. The largest absolute Gasteiger partial charge is 0.453 e. The number of aliphatic hydroxyl groups is 1. The number of halogens is 1. The molecule has 0 bridgehead atoms. The number of nitrogens with zero attached hydrogens (tertiary/aromatic N) is 1. The first-order valence-electron chi connectivity index (χ1n) is 6.46. The Hall–Kier alpha value is -1.40. The highest BCUT2D eigenvalue weighted by Gasteiger charge is 2.23. The van der Waals surface area contributed by atoms with Crippen LogP contribution in [0, 0.1) is 0 Å². The molecule has 1 aliphatic rings. The number of carbonyl (C=O) groups excluding carboxylic acids is 2. The minimum Gasteiger partial charge on any atom is -0.453 e. The summed E-state index contributed by atoms with van der Waals surface area (Å²) in [7, 11) is 0. The number of rotatable bonds is 4. The zero-order valence-electron chi connectivity index (χ0n) is 10.9. The average Bonchev–Trinajstić information content (AvgIpc) is 2.98. The third-order valence-electron chi connectivity index (χ3n) is 3.21. The number of hydrogen-bond donors (Lipinski definition) is 1. The van der Waals surface area contributed by atoms with Gasteiger partial charge in [-0.3, -0.25) is 4.79 Å². The molecule has 0 aromatic heterocycles. The predicted molar refractivity (Wildman–Crippen MR) is 75.9 cm³/mol. The third-order valence-corrected chi connectivity index (χ3v) is 3.73. The fourth-order valence-corrected chi connectivity index (χ4v) is 2.32. The lowest BCUT2D eigenvalue weighted by molar-refractivity contribution is -0.159. The van der Waals surface area contributed by atoms with Crippen molar-refractivity contribution in [2.24, 2.45) is 0 Å². The van der Waals surface area contributed by atoms with Crippen LogP contribution in [0.15, 0.2) is 28.7 Å². The minimum absolute atomic E-state index is 0.209. The van der Waals surface area contributed by atoms with Gasteiger partial charge in [0.25, 0.3) is 5.91 Å². The van der Waals surface area contributed by atoms with Crippen LogP contribution in [-0.2, 0) is 14.3 Å². The molecular formula is C14H16BrNO4. The van der Waals surface area contributed by atoms with E-state index in [1.165, 1.54) is 0 Å². The second-order valence-electron chi connectivity index (χ2n) is 4.65. The third kappa shape index (κ3) is 3.80. The van der Waals surface area contributed by atoms with Gasteiger partial charge in [-0.2, -0.15) is 0 Å². The van der Waals surface area contributed by atoms with E-state index < -0.39 is 12.1 Å². The lowest BCUT2D eigenvalue weighted by Crippen LogP contribution is -2.32. The van der Waals surface area contributed by atoms with E-state index in [4.69, 9.17) is 4.74 Å². The van der Waals surface area contributed by atoms with Gasteiger partial charge in [0.2, 0.25) is 0 Å². The van der Waals surface area contributed by atoms with Crippen molar-refractivity contribution in [2.45, 2.75) is 18.9 Å².